The molecule has 0 atom stereocenters. The van der Waals surface area contributed by atoms with Gasteiger partial charge in [0.05, 0.1) is 20.4 Å². The van der Waals surface area contributed by atoms with Gasteiger partial charge in [-0.25, -0.2) is 5.43 Å². The van der Waals surface area contributed by atoms with Crippen LogP contribution in [0.4, 0.5) is 0 Å². The molecule has 0 unspecified atom stereocenters. The van der Waals surface area contributed by atoms with Gasteiger partial charge in [-0.1, -0.05) is 36.4 Å². The number of hydrogen-bond donors (Lipinski definition) is 1. The number of carbonyl (C=O) groups is 1. The van der Waals surface area contributed by atoms with Gasteiger partial charge in [0.1, 0.15) is 12.4 Å². The summed E-state index contributed by atoms with van der Waals surface area (Å²) in [5.74, 6) is 1.51. The van der Waals surface area contributed by atoms with Crippen molar-refractivity contribution in [2.24, 2.45) is 5.10 Å². The average Bonchev–Trinajstić information content (AvgIpc) is 2.78. The summed E-state index contributed by atoms with van der Waals surface area (Å²) in [6, 6.07) is 22.1. The molecule has 29 heavy (non-hydrogen) atoms. The van der Waals surface area contributed by atoms with Crippen molar-refractivity contribution in [1.29, 1.82) is 0 Å². The molecule has 0 aromatic heterocycles. The first-order valence-electron chi connectivity index (χ1n) is 9.02. The molecule has 1 amide bonds. The Morgan fingerprint density at radius 3 is 2.38 bits per heavy atom. The Kier molecular flexibility index (Phi) is 6.84. The summed E-state index contributed by atoms with van der Waals surface area (Å²) in [5.41, 5.74) is 4.72. The number of benzene rings is 3. The molecule has 0 heterocycles. The van der Waals surface area contributed by atoms with Crippen LogP contribution in [0.3, 0.4) is 0 Å². The van der Waals surface area contributed by atoms with Gasteiger partial charge in [-0.05, 0) is 42.0 Å². The fraction of sp³-hybridized carbons (Fsp3) is 0.130. The van der Waals surface area contributed by atoms with Crippen molar-refractivity contribution in [2.45, 2.75) is 6.61 Å². The molecule has 6 heteroatoms. The first kappa shape index (κ1) is 19.9. The first-order chi connectivity index (χ1) is 14.2. The van der Waals surface area contributed by atoms with E-state index >= 15 is 0 Å². The summed E-state index contributed by atoms with van der Waals surface area (Å²) in [5, 5.41) is 4.06. The predicted molar refractivity (Wildman–Crippen MR) is 112 cm³/mol. The summed E-state index contributed by atoms with van der Waals surface area (Å²) in [6.07, 6.45) is 1.53. The van der Waals surface area contributed by atoms with Crippen LogP contribution in [-0.4, -0.2) is 26.3 Å². The summed E-state index contributed by atoms with van der Waals surface area (Å²) in [7, 11) is 3.15. The van der Waals surface area contributed by atoms with Gasteiger partial charge < -0.3 is 14.2 Å². The van der Waals surface area contributed by atoms with Crippen LogP contribution in [-0.2, 0) is 6.61 Å². The summed E-state index contributed by atoms with van der Waals surface area (Å²) >= 11 is 0. The molecule has 6 nitrogen and oxygen atoms in total. The topological polar surface area (TPSA) is 69.2 Å². The number of para-hydroxylation sites is 1. The molecule has 0 bridgehead atoms. The van der Waals surface area contributed by atoms with Gasteiger partial charge in [-0.2, -0.15) is 5.10 Å². The second kappa shape index (κ2) is 9.94. The summed E-state index contributed by atoms with van der Waals surface area (Å²) in [6.45, 7) is 0.389. The number of amides is 1. The number of nitrogens with one attached hydrogen (secondary N) is 1. The third-order valence-electron chi connectivity index (χ3n) is 4.18. The van der Waals surface area contributed by atoms with Crippen molar-refractivity contribution in [3.63, 3.8) is 0 Å². The third kappa shape index (κ3) is 5.35. The Balaban J connectivity index is 1.71. The molecule has 3 aromatic rings. The molecule has 0 radical (unpaired) electrons. The maximum absolute atomic E-state index is 12.2. The molecule has 1 N–H and O–H groups in total. The van der Waals surface area contributed by atoms with Crippen LogP contribution in [0.1, 0.15) is 21.5 Å². The standard InChI is InChI=1S/C23H22N2O4/c1-27-20-13-11-18(12-14-20)23(26)25-24-15-19-9-6-10-21(28-2)22(19)29-16-17-7-4-3-5-8-17/h3-15H,16H2,1-2H3,(H,25,26)/b24-15-. The van der Waals surface area contributed by atoms with Crippen molar-refractivity contribution in [3.8, 4) is 17.2 Å². The second-order valence-corrected chi connectivity index (χ2v) is 6.08. The van der Waals surface area contributed by atoms with Crippen LogP contribution < -0.4 is 19.6 Å². The number of hydrazone groups is 1. The van der Waals surface area contributed by atoms with Crippen molar-refractivity contribution >= 4 is 12.1 Å². The summed E-state index contributed by atoms with van der Waals surface area (Å²) in [4.78, 5) is 12.2. The van der Waals surface area contributed by atoms with Crippen molar-refractivity contribution in [2.75, 3.05) is 14.2 Å². The van der Waals surface area contributed by atoms with E-state index in [0.29, 0.717) is 35.0 Å². The Morgan fingerprint density at radius 1 is 0.931 bits per heavy atom. The number of hydrogen-bond acceptors (Lipinski definition) is 5. The van der Waals surface area contributed by atoms with Crippen molar-refractivity contribution in [3.05, 3.63) is 89.5 Å². The molecular formula is C23H22N2O4. The molecule has 0 aliphatic heterocycles. The van der Waals surface area contributed by atoms with E-state index in [9.17, 15) is 4.79 Å². The van der Waals surface area contributed by atoms with Gasteiger partial charge in [0.2, 0.25) is 0 Å². The van der Waals surface area contributed by atoms with E-state index < -0.39 is 0 Å². The fourth-order valence-electron chi connectivity index (χ4n) is 2.65. The minimum absolute atomic E-state index is 0.321. The molecule has 0 saturated carbocycles. The lowest BCUT2D eigenvalue weighted by molar-refractivity contribution is 0.0955. The highest BCUT2D eigenvalue weighted by molar-refractivity contribution is 5.95. The molecule has 0 spiro atoms. The lowest BCUT2D eigenvalue weighted by Crippen LogP contribution is -2.17. The predicted octanol–water partition coefficient (Wildman–Crippen LogP) is 4.05. The van der Waals surface area contributed by atoms with Crippen LogP contribution >= 0.6 is 0 Å². The van der Waals surface area contributed by atoms with E-state index in [-0.39, 0.29) is 5.91 Å². The smallest absolute Gasteiger partial charge is 0.271 e. The normalized spacial score (nSPS) is 10.6. The molecule has 0 aliphatic rings. The lowest BCUT2D eigenvalue weighted by Gasteiger charge is -2.13. The average molecular weight is 390 g/mol. The monoisotopic (exact) mass is 390 g/mol. The first-order valence-corrected chi connectivity index (χ1v) is 9.02. The van der Waals surface area contributed by atoms with Crippen LogP contribution in [0, 0.1) is 0 Å². The third-order valence-corrected chi connectivity index (χ3v) is 4.18. The highest BCUT2D eigenvalue weighted by atomic mass is 16.5. The number of carbonyl (C=O) groups excluding carboxylic acids is 1. The van der Waals surface area contributed by atoms with Crippen molar-refractivity contribution in [1.82, 2.24) is 5.43 Å². The Morgan fingerprint density at radius 2 is 1.69 bits per heavy atom. The maximum atomic E-state index is 12.2. The molecule has 0 fully saturated rings. The van der Waals surface area contributed by atoms with Gasteiger partial charge in [0.25, 0.3) is 5.91 Å². The number of nitrogens with zero attached hydrogens (tertiary/aromatic N) is 1. The van der Waals surface area contributed by atoms with Gasteiger partial charge in [-0.15, -0.1) is 0 Å². The Hall–Kier alpha value is -3.80. The molecule has 0 aliphatic carbocycles. The van der Waals surface area contributed by atoms with Gasteiger partial charge in [-0.3, -0.25) is 4.79 Å². The van der Waals surface area contributed by atoms with E-state index in [2.05, 4.69) is 10.5 Å². The lowest BCUT2D eigenvalue weighted by atomic mass is 10.2. The van der Waals surface area contributed by atoms with Gasteiger partial charge >= 0.3 is 0 Å². The van der Waals surface area contributed by atoms with Crippen LogP contribution in [0.5, 0.6) is 17.2 Å². The minimum atomic E-state index is -0.321. The van der Waals surface area contributed by atoms with Gasteiger partial charge in [0.15, 0.2) is 11.5 Å². The zero-order valence-corrected chi connectivity index (χ0v) is 16.3. The van der Waals surface area contributed by atoms with E-state index in [0.717, 1.165) is 5.56 Å². The minimum Gasteiger partial charge on any atom is -0.497 e. The number of ether oxygens (including phenoxy) is 3. The fourth-order valence-corrected chi connectivity index (χ4v) is 2.65. The van der Waals surface area contributed by atoms with E-state index in [4.69, 9.17) is 14.2 Å². The number of methoxy groups -OCH3 is 2. The Bertz CT molecular complexity index is 970. The Labute approximate surface area is 169 Å². The molecular weight excluding hydrogens is 368 g/mol. The molecule has 148 valence electrons. The molecule has 0 saturated heterocycles. The van der Waals surface area contributed by atoms with Crippen LogP contribution in [0.2, 0.25) is 0 Å². The maximum Gasteiger partial charge on any atom is 0.271 e. The zero-order valence-electron chi connectivity index (χ0n) is 16.3. The molecule has 3 aromatic carbocycles. The van der Waals surface area contributed by atoms with Crippen LogP contribution in [0.25, 0.3) is 0 Å². The largest absolute Gasteiger partial charge is 0.497 e. The molecule has 3 rings (SSSR count). The van der Waals surface area contributed by atoms with E-state index in [1.807, 2.05) is 48.5 Å². The SMILES string of the molecule is COc1ccc(C(=O)N/N=C\c2cccc(OC)c2OCc2ccccc2)cc1. The van der Waals surface area contributed by atoms with Crippen molar-refractivity contribution < 1.29 is 19.0 Å². The summed E-state index contributed by atoms with van der Waals surface area (Å²) < 4.78 is 16.5. The highest BCUT2D eigenvalue weighted by Gasteiger charge is 2.10. The van der Waals surface area contributed by atoms with E-state index in [1.54, 1.807) is 38.5 Å². The zero-order chi connectivity index (χ0) is 20.5. The quantitative estimate of drug-likeness (QED) is 0.465. The van der Waals surface area contributed by atoms with Gasteiger partial charge in [0, 0.05) is 11.1 Å². The number of rotatable bonds is 8. The van der Waals surface area contributed by atoms with E-state index in [1.165, 1.54) is 6.21 Å². The second-order valence-electron chi connectivity index (χ2n) is 6.08. The van der Waals surface area contributed by atoms with Crippen LogP contribution in [0.15, 0.2) is 77.9 Å². The highest BCUT2D eigenvalue weighted by Crippen LogP contribution is 2.30.